The van der Waals surface area contributed by atoms with Crippen molar-refractivity contribution >= 4 is 44.4 Å². The van der Waals surface area contributed by atoms with Crippen LogP contribution in [0.2, 0.25) is 0 Å². The number of nitrogens with zero attached hydrogens (tertiary/aromatic N) is 3. The first-order valence-corrected chi connectivity index (χ1v) is 12.8. The molecular formula is C24H29FN4OS2. The van der Waals surface area contributed by atoms with Crippen LogP contribution >= 0.6 is 23.1 Å². The Hall–Kier alpha value is -2.16. The second-order valence-corrected chi connectivity index (χ2v) is 10.3. The fourth-order valence-electron chi connectivity index (χ4n) is 3.78. The number of hydrogen-bond donors (Lipinski definition) is 1. The Morgan fingerprint density at radius 3 is 2.53 bits per heavy atom. The van der Waals surface area contributed by atoms with Gasteiger partial charge >= 0.3 is 0 Å². The topological polar surface area (TPSA) is 48.5 Å². The molecule has 8 heteroatoms. The molecule has 0 bridgehead atoms. The molecule has 5 nitrogen and oxygen atoms in total. The maximum Gasteiger partial charge on any atom is 0.220 e. The lowest BCUT2D eigenvalue weighted by molar-refractivity contribution is -0.120. The summed E-state index contributed by atoms with van der Waals surface area (Å²) in [5.41, 5.74) is 3.66. The molecule has 1 aliphatic heterocycles. The second kappa shape index (κ2) is 10.6. The highest BCUT2D eigenvalue weighted by Crippen LogP contribution is 2.33. The van der Waals surface area contributed by atoms with Crippen LogP contribution < -0.4 is 10.2 Å². The smallest absolute Gasteiger partial charge is 0.220 e. The van der Waals surface area contributed by atoms with Crippen LogP contribution in [0.15, 0.2) is 41.3 Å². The molecule has 1 N–H and O–H groups in total. The molecule has 3 aromatic rings. The van der Waals surface area contributed by atoms with Gasteiger partial charge in [-0.15, -0.1) is 11.8 Å². The molecule has 170 valence electrons. The largest absolute Gasteiger partial charge is 0.355 e. The molecule has 0 spiro atoms. The van der Waals surface area contributed by atoms with Crippen LogP contribution in [0, 0.1) is 19.7 Å². The Balaban J connectivity index is 1.15. The molecule has 0 saturated carbocycles. The van der Waals surface area contributed by atoms with E-state index in [2.05, 4.69) is 41.1 Å². The average Bonchev–Trinajstić information content (AvgIpc) is 3.25. The van der Waals surface area contributed by atoms with Crippen LogP contribution in [0.1, 0.15) is 17.5 Å². The van der Waals surface area contributed by atoms with E-state index in [0.717, 1.165) is 48.3 Å². The lowest BCUT2D eigenvalue weighted by Gasteiger charge is -2.34. The number of fused-ring (bicyclic) bond motifs is 1. The number of halogens is 1. The van der Waals surface area contributed by atoms with E-state index < -0.39 is 0 Å². The molecule has 0 radical (unpaired) electrons. The lowest BCUT2D eigenvalue weighted by Crippen LogP contribution is -2.48. The van der Waals surface area contributed by atoms with Crippen molar-refractivity contribution in [3.8, 4) is 0 Å². The Bertz CT molecular complexity index is 1020. The standard InChI is InChI=1S/C24H29FN4OS2/c1-17-3-4-18(2)23-22(17)27-24(32-23)29-14-12-28(13-15-29)11-10-26-21(30)9-16-31-20-7-5-19(25)6-8-20/h3-8H,9-16H2,1-2H3,(H,26,30). The Morgan fingerprint density at radius 2 is 1.81 bits per heavy atom. The van der Waals surface area contributed by atoms with E-state index in [1.807, 2.05) is 0 Å². The van der Waals surface area contributed by atoms with Gasteiger partial charge in [-0.1, -0.05) is 23.5 Å². The van der Waals surface area contributed by atoms with Crippen molar-refractivity contribution in [2.45, 2.75) is 25.2 Å². The number of anilines is 1. The molecule has 0 unspecified atom stereocenters. The summed E-state index contributed by atoms with van der Waals surface area (Å²) in [6.07, 6.45) is 0.465. The third-order valence-corrected chi connectivity index (χ3v) is 8.00. The van der Waals surface area contributed by atoms with E-state index in [4.69, 9.17) is 4.98 Å². The number of benzene rings is 2. The predicted molar refractivity (Wildman–Crippen MR) is 132 cm³/mol. The first-order chi connectivity index (χ1) is 15.5. The number of amides is 1. The zero-order valence-corrected chi connectivity index (χ0v) is 20.2. The molecule has 1 fully saturated rings. The third kappa shape index (κ3) is 5.79. The SMILES string of the molecule is Cc1ccc(C)c2sc(N3CCN(CCNC(=O)CCSc4ccc(F)cc4)CC3)nc12. The molecule has 0 atom stereocenters. The highest BCUT2D eigenvalue weighted by molar-refractivity contribution is 7.99. The summed E-state index contributed by atoms with van der Waals surface area (Å²) >= 11 is 3.36. The van der Waals surface area contributed by atoms with Crippen molar-refractivity contribution in [1.82, 2.24) is 15.2 Å². The zero-order valence-electron chi connectivity index (χ0n) is 18.6. The first-order valence-electron chi connectivity index (χ1n) is 11.0. The van der Waals surface area contributed by atoms with E-state index in [1.54, 1.807) is 35.2 Å². The van der Waals surface area contributed by atoms with Crippen LogP contribution in [0.25, 0.3) is 10.2 Å². The Kier molecular flexibility index (Phi) is 7.65. The van der Waals surface area contributed by atoms with Gasteiger partial charge in [0.25, 0.3) is 0 Å². The van der Waals surface area contributed by atoms with Gasteiger partial charge in [0, 0.05) is 56.3 Å². The maximum atomic E-state index is 12.9. The van der Waals surface area contributed by atoms with Crippen molar-refractivity contribution in [3.63, 3.8) is 0 Å². The molecule has 2 aromatic carbocycles. The minimum absolute atomic E-state index is 0.0680. The van der Waals surface area contributed by atoms with Crippen LogP contribution in [0.3, 0.4) is 0 Å². The first kappa shape index (κ1) is 23.0. The number of nitrogens with one attached hydrogen (secondary N) is 1. The molecule has 0 aliphatic carbocycles. The average molecular weight is 473 g/mol. The predicted octanol–water partition coefficient (Wildman–Crippen LogP) is 4.47. The number of piperazine rings is 1. The molecule has 2 heterocycles. The summed E-state index contributed by atoms with van der Waals surface area (Å²) in [7, 11) is 0. The van der Waals surface area contributed by atoms with E-state index in [-0.39, 0.29) is 11.7 Å². The van der Waals surface area contributed by atoms with Gasteiger partial charge in [0.1, 0.15) is 5.82 Å². The minimum atomic E-state index is -0.238. The van der Waals surface area contributed by atoms with E-state index in [0.29, 0.717) is 18.7 Å². The molecule has 32 heavy (non-hydrogen) atoms. The van der Waals surface area contributed by atoms with Gasteiger partial charge in [-0.05, 0) is 49.2 Å². The number of hydrogen-bond acceptors (Lipinski definition) is 6. The number of carbonyl (C=O) groups excluding carboxylic acids is 1. The van der Waals surface area contributed by atoms with Crippen LogP contribution in [-0.2, 0) is 4.79 Å². The molecule has 1 saturated heterocycles. The van der Waals surface area contributed by atoms with Gasteiger partial charge in [0.05, 0.1) is 10.2 Å². The summed E-state index contributed by atoms with van der Waals surface area (Å²) < 4.78 is 14.2. The van der Waals surface area contributed by atoms with Gasteiger partial charge in [0.15, 0.2) is 5.13 Å². The van der Waals surface area contributed by atoms with Crippen molar-refractivity contribution < 1.29 is 9.18 Å². The number of rotatable bonds is 8. The van der Waals surface area contributed by atoms with Crippen molar-refractivity contribution in [1.29, 1.82) is 0 Å². The maximum absolute atomic E-state index is 12.9. The van der Waals surface area contributed by atoms with Crippen molar-refractivity contribution in [3.05, 3.63) is 53.3 Å². The third-order valence-electron chi connectivity index (χ3n) is 5.74. The fourth-order valence-corrected chi connectivity index (χ4v) is 5.80. The Labute approximate surface area is 197 Å². The summed E-state index contributed by atoms with van der Waals surface area (Å²) in [5, 5.41) is 4.14. The molecular weight excluding hydrogens is 443 g/mol. The summed E-state index contributed by atoms with van der Waals surface area (Å²) in [6, 6.07) is 10.7. The second-order valence-electron chi connectivity index (χ2n) is 8.10. The monoisotopic (exact) mass is 472 g/mol. The molecule has 1 amide bonds. The van der Waals surface area contributed by atoms with Crippen molar-refractivity contribution in [2.75, 3.05) is 49.9 Å². The summed E-state index contributed by atoms with van der Waals surface area (Å²) in [4.78, 5) is 22.8. The van der Waals surface area contributed by atoms with Gasteiger partial charge in [-0.3, -0.25) is 9.69 Å². The number of carbonyl (C=O) groups is 1. The van der Waals surface area contributed by atoms with E-state index in [9.17, 15) is 9.18 Å². The molecule has 1 aliphatic rings. The molecule has 1 aromatic heterocycles. The lowest BCUT2D eigenvalue weighted by atomic mass is 10.1. The zero-order chi connectivity index (χ0) is 22.5. The normalized spacial score (nSPS) is 14.8. The van der Waals surface area contributed by atoms with E-state index in [1.165, 1.54) is 28.0 Å². The minimum Gasteiger partial charge on any atom is -0.355 e. The van der Waals surface area contributed by atoms with Crippen LogP contribution in [-0.4, -0.2) is 60.8 Å². The quantitative estimate of drug-likeness (QED) is 0.490. The van der Waals surface area contributed by atoms with Gasteiger partial charge in [0.2, 0.25) is 5.91 Å². The summed E-state index contributed by atoms with van der Waals surface area (Å²) in [6.45, 7) is 9.67. The highest BCUT2D eigenvalue weighted by Gasteiger charge is 2.20. The Morgan fingerprint density at radius 1 is 1.09 bits per heavy atom. The van der Waals surface area contributed by atoms with Crippen LogP contribution in [0.5, 0.6) is 0 Å². The molecule has 4 rings (SSSR count). The van der Waals surface area contributed by atoms with Gasteiger partial charge < -0.3 is 10.2 Å². The van der Waals surface area contributed by atoms with E-state index >= 15 is 0 Å². The summed E-state index contributed by atoms with van der Waals surface area (Å²) in [5.74, 6) is 0.522. The number of aryl methyl sites for hydroxylation is 2. The fraction of sp³-hybridized carbons (Fsp3) is 0.417. The van der Waals surface area contributed by atoms with Gasteiger partial charge in [-0.25, -0.2) is 9.37 Å². The number of thiazole rings is 1. The van der Waals surface area contributed by atoms with Crippen LogP contribution in [0.4, 0.5) is 9.52 Å². The van der Waals surface area contributed by atoms with Gasteiger partial charge in [-0.2, -0.15) is 0 Å². The number of aromatic nitrogens is 1. The highest BCUT2D eigenvalue weighted by atomic mass is 32.2. The number of thioether (sulfide) groups is 1. The van der Waals surface area contributed by atoms with Crippen molar-refractivity contribution in [2.24, 2.45) is 0 Å².